The summed E-state index contributed by atoms with van der Waals surface area (Å²) < 4.78 is 28.4. The van der Waals surface area contributed by atoms with Crippen molar-refractivity contribution in [1.82, 2.24) is 0 Å². The average Bonchev–Trinajstić information content (AvgIpc) is 2.90. The number of amides is 1. The lowest BCUT2D eigenvalue weighted by Crippen LogP contribution is -2.25. The van der Waals surface area contributed by atoms with Gasteiger partial charge in [-0.1, -0.05) is 23.7 Å². The molecule has 4 rings (SSSR count). The average molecular weight is 387 g/mol. The largest absolute Gasteiger partial charge is 0.308 e. The van der Waals surface area contributed by atoms with Gasteiger partial charge in [0.05, 0.1) is 10.6 Å². The Morgan fingerprint density at radius 1 is 1.04 bits per heavy atom. The van der Waals surface area contributed by atoms with Crippen LogP contribution in [0.2, 0.25) is 5.02 Å². The van der Waals surface area contributed by atoms with Crippen LogP contribution in [0.5, 0.6) is 0 Å². The molecule has 0 bridgehead atoms. The second kappa shape index (κ2) is 6.00. The highest BCUT2D eigenvalue weighted by Crippen LogP contribution is 2.40. The van der Waals surface area contributed by atoms with E-state index < -0.39 is 10.0 Å². The minimum Gasteiger partial charge on any atom is -0.308 e. The van der Waals surface area contributed by atoms with Crippen molar-refractivity contribution in [2.75, 3.05) is 16.2 Å². The van der Waals surface area contributed by atoms with E-state index in [1.54, 1.807) is 59.5 Å². The summed E-state index contributed by atoms with van der Waals surface area (Å²) in [4.78, 5) is 14.3. The van der Waals surface area contributed by atoms with Crippen molar-refractivity contribution in [3.05, 3.63) is 65.2 Å². The summed E-state index contributed by atoms with van der Waals surface area (Å²) >= 11 is 5.85. The van der Waals surface area contributed by atoms with Crippen LogP contribution >= 0.6 is 11.6 Å². The third-order valence-corrected chi connectivity index (χ3v) is 6.14. The maximum atomic E-state index is 12.9. The molecule has 0 unspecified atom stereocenters. The lowest BCUT2D eigenvalue weighted by atomic mass is 10.1. The number of hydrogen-bond donors (Lipinski definition) is 1. The second-order valence-corrected chi connectivity index (χ2v) is 8.06. The van der Waals surface area contributed by atoms with Gasteiger partial charge in [-0.25, -0.2) is 8.42 Å². The standard InChI is InChI=1S/C19H15ClN2O3S/c1-2-22-16-10-11-17(14-4-3-5-15(18(14)16)19(22)23)26(24,25)21-13-8-6-12(20)7-9-13/h3-11,21H,2H2,1H3. The first kappa shape index (κ1) is 16.9. The van der Waals surface area contributed by atoms with Crippen molar-refractivity contribution in [2.45, 2.75) is 11.8 Å². The van der Waals surface area contributed by atoms with Gasteiger partial charge in [0.15, 0.2) is 0 Å². The van der Waals surface area contributed by atoms with Gasteiger partial charge in [-0.15, -0.1) is 0 Å². The normalized spacial score (nSPS) is 13.5. The minimum absolute atomic E-state index is 0.103. The van der Waals surface area contributed by atoms with Crippen LogP contribution in [0.4, 0.5) is 11.4 Å². The molecule has 7 heteroatoms. The molecule has 1 aliphatic rings. The fourth-order valence-corrected chi connectivity index (χ4v) is 4.68. The van der Waals surface area contributed by atoms with E-state index in [0.717, 1.165) is 5.69 Å². The zero-order valence-electron chi connectivity index (χ0n) is 13.9. The monoisotopic (exact) mass is 386 g/mol. The third kappa shape index (κ3) is 2.53. The number of nitrogens with one attached hydrogen (secondary N) is 1. The van der Waals surface area contributed by atoms with Gasteiger partial charge in [-0.05, 0) is 49.4 Å². The molecular weight excluding hydrogens is 372 g/mol. The molecule has 0 saturated heterocycles. The molecule has 1 N–H and O–H groups in total. The molecule has 0 aromatic heterocycles. The fraction of sp³-hybridized carbons (Fsp3) is 0.105. The van der Waals surface area contributed by atoms with Crippen LogP contribution in [-0.4, -0.2) is 20.9 Å². The van der Waals surface area contributed by atoms with Crippen molar-refractivity contribution in [3.8, 4) is 0 Å². The highest BCUT2D eigenvalue weighted by molar-refractivity contribution is 7.93. The second-order valence-electron chi connectivity index (χ2n) is 5.97. The summed E-state index contributed by atoms with van der Waals surface area (Å²) in [6, 6.07) is 14.8. The Labute approximate surface area is 156 Å². The number of carbonyl (C=O) groups excluding carboxylic acids is 1. The zero-order chi connectivity index (χ0) is 18.5. The van der Waals surface area contributed by atoms with E-state index in [9.17, 15) is 13.2 Å². The minimum atomic E-state index is -3.82. The lowest BCUT2D eigenvalue weighted by molar-refractivity contribution is 0.0994. The number of anilines is 2. The van der Waals surface area contributed by atoms with Crippen LogP contribution in [0.3, 0.4) is 0 Å². The van der Waals surface area contributed by atoms with Crippen LogP contribution in [0.1, 0.15) is 17.3 Å². The summed E-state index contributed by atoms with van der Waals surface area (Å²) in [5.41, 5.74) is 1.69. The maximum Gasteiger partial charge on any atom is 0.262 e. The summed E-state index contributed by atoms with van der Waals surface area (Å²) in [5.74, 6) is -0.103. The third-order valence-electron chi connectivity index (χ3n) is 4.45. The molecule has 0 aliphatic carbocycles. The van der Waals surface area contributed by atoms with Gasteiger partial charge in [0.1, 0.15) is 0 Å². The molecule has 0 radical (unpaired) electrons. The van der Waals surface area contributed by atoms with E-state index in [2.05, 4.69) is 4.72 Å². The molecule has 3 aromatic rings. The van der Waals surface area contributed by atoms with Gasteiger partial charge in [0.25, 0.3) is 15.9 Å². The van der Waals surface area contributed by atoms with Crippen molar-refractivity contribution in [3.63, 3.8) is 0 Å². The van der Waals surface area contributed by atoms with Gasteiger partial charge in [-0.2, -0.15) is 0 Å². The van der Waals surface area contributed by atoms with Crippen LogP contribution in [0.25, 0.3) is 10.8 Å². The lowest BCUT2D eigenvalue weighted by Gasteiger charge is -2.16. The van der Waals surface area contributed by atoms with Crippen LogP contribution in [-0.2, 0) is 10.0 Å². The van der Waals surface area contributed by atoms with Gasteiger partial charge in [-0.3, -0.25) is 9.52 Å². The van der Waals surface area contributed by atoms with Crippen LogP contribution in [0, 0.1) is 0 Å². The Morgan fingerprint density at radius 2 is 1.77 bits per heavy atom. The molecule has 0 saturated carbocycles. The predicted molar refractivity (Wildman–Crippen MR) is 104 cm³/mol. The van der Waals surface area contributed by atoms with Gasteiger partial charge in [0.2, 0.25) is 0 Å². The Bertz CT molecular complexity index is 1140. The summed E-state index contributed by atoms with van der Waals surface area (Å²) in [6.07, 6.45) is 0. The SMILES string of the molecule is CCN1C(=O)c2cccc3c(S(=O)(=O)Nc4ccc(Cl)cc4)ccc1c23. The first-order valence-corrected chi connectivity index (χ1v) is 9.94. The molecule has 5 nitrogen and oxygen atoms in total. The van der Waals surface area contributed by atoms with E-state index in [1.807, 2.05) is 6.92 Å². The Balaban J connectivity index is 1.87. The molecule has 132 valence electrons. The van der Waals surface area contributed by atoms with Gasteiger partial charge in [0, 0.05) is 33.6 Å². The Hall–Kier alpha value is -2.57. The molecule has 0 spiro atoms. The maximum absolute atomic E-state index is 12.9. The number of carbonyl (C=O) groups is 1. The van der Waals surface area contributed by atoms with E-state index in [4.69, 9.17) is 11.6 Å². The first-order chi connectivity index (χ1) is 12.4. The quantitative estimate of drug-likeness (QED) is 0.728. The van der Waals surface area contributed by atoms with Crippen molar-refractivity contribution < 1.29 is 13.2 Å². The molecule has 0 atom stereocenters. The predicted octanol–water partition coefficient (Wildman–Crippen LogP) is 4.27. The molecule has 26 heavy (non-hydrogen) atoms. The zero-order valence-corrected chi connectivity index (χ0v) is 15.4. The van der Waals surface area contributed by atoms with Gasteiger partial charge >= 0.3 is 0 Å². The van der Waals surface area contributed by atoms with Crippen molar-refractivity contribution in [2.24, 2.45) is 0 Å². The summed E-state index contributed by atoms with van der Waals surface area (Å²) in [7, 11) is -3.82. The number of halogens is 1. The van der Waals surface area contributed by atoms with Crippen molar-refractivity contribution >= 4 is 49.7 Å². The topological polar surface area (TPSA) is 66.5 Å². The van der Waals surface area contributed by atoms with Gasteiger partial charge < -0.3 is 4.90 Å². The van der Waals surface area contributed by atoms with Crippen LogP contribution < -0.4 is 9.62 Å². The summed E-state index contributed by atoms with van der Waals surface area (Å²) in [6.45, 7) is 2.42. The highest BCUT2D eigenvalue weighted by atomic mass is 35.5. The first-order valence-electron chi connectivity index (χ1n) is 8.08. The fourth-order valence-electron chi connectivity index (χ4n) is 3.30. The van der Waals surface area contributed by atoms with E-state index >= 15 is 0 Å². The number of benzene rings is 3. The van der Waals surface area contributed by atoms with Crippen LogP contribution in [0.15, 0.2) is 59.5 Å². The number of hydrogen-bond acceptors (Lipinski definition) is 3. The molecular formula is C19H15ClN2O3S. The molecule has 1 aliphatic heterocycles. The smallest absolute Gasteiger partial charge is 0.262 e. The molecule has 0 fully saturated rings. The van der Waals surface area contributed by atoms with Crippen molar-refractivity contribution in [1.29, 1.82) is 0 Å². The highest BCUT2D eigenvalue weighted by Gasteiger charge is 2.31. The number of rotatable bonds is 4. The number of nitrogens with zero attached hydrogens (tertiary/aromatic N) is 1. The van der Waals surface area contributed by atoms with E-state index in [1.165, 1.54) is 0 Å². The molecule has 3 aromatic carbocycles. The molecule has 1 amide bonds. The van der Waals surface area contributed by atoms with E-state index in [-0.39, 0.29) is 10.8 Å². The Kier molecular flexibility index (Phi) is 3.89. The van der Waals surface area contributed by atoms with E-state index in [0.29, 0.717) is 33.6 Å². The molecule has 1 heterocycles. The Morgan fingerprint density at radius 3 is 2.46 bits per heavy atom. The number of sulfonamides is 1. The summed E-state index contributed by atoms with van der Waals surface area (Å²) in [5, 5.41) is 1.74.